The molecule has 3 rings (SSSR count). The third-order valence-electron chi connectivity index (χ3n) is 3.00. The fourth-order valence-electron chi connectivity index (χ4n) is 1.98. The van der Waals surface area contributed by atoms with Gasteiger partial charge in [0.05, 0.1) is 0 Å². The Balaban J connectivity index is 1.83. The third-order valence-corrected chi connectivity index (χ3v) is 5.78. The van der Waals surface area contributed by atoms with Gasteiger partial charge < -0.3 is 0 Å². The third kappa shape index (κ3) is 3.15. The molecule has 0 aliphatic rings. The van der Waals surface area contributed by atoms with E-state index in [-0.39, 0.29) is 0 Å². The van der Waals surface area contributed by atoms with E-state index in [2.05, 4.69) is 4.72 Å². The van der Waals surface area contributed by atoms with Gasteiger partial charge in [0.2, 0.25) is 0 Å². The van der Waals surface area contributed by atoms with E-state index in [0.717, 1.165) is 11.1 Å². The first-order valence-corrected chi connectivity index (χ1v) is 8.73. The number of sulfonamides is 1. The molecule has 0 saturated heterocycles. The van der Waals surface area contributed by atoms with E-state index in [9.17, 15) is 8.42 Å². The summed E-state index contributed by atoms with van der Waals surface area (Å²) in [5.74, 6) is 0. The molecule has 0 aliphatic heterocycles. The predicted octanol–water partition coefficient (Wildman–Crippen LogP) is 4.22. The molecule has 106 valence electrons. The maximum atomic E-state index is 12.1. The van der Waals surface area contributed by atoms with Crippen LogP contribution in [0.5, 0.6) is 0 Å². The molecule has 0 radical (unpaired) electrons. The monoisotopic (exact) mass is 315 g/mol. The first kappa shape index (κ1) is 13.9. The molecule has 5 heteroatoms. The summed E-state index contributed by atoms with van der Waals surface area (Å²) in [5, 5.41) is 1.74. The summed E-state index contributed by atoms with van der Waals surface area (Å²) in [5.41, 5.74) is 2.71. The van der Waals surface area contributed by atoms with E-state index in [1.54, 1.807) is 29.6 Å². The van der Waals surface area contributed by atoms with Crippen molar-refractivity contribution in [3.8, 4) is 11.1 Å². The van der Waals surface area contributed by atoms with Crippen molar-refractivity contribution in [3.63, 3.8) is 0 Å². The van der Waals surface area contributed by atoms with Gasteiger partial charge in [-0.3, -0.25) is 4.72 Å². The molecule has 0 bridgehead atoms. The van der Waals surface area contributed by atoms with E-state index in [1.165, 1.54) is 11.3 Å². The second kappa shape index (κ2) is 5.71. The highest BCUT2D eigenvalue weighted by Gasteiger charge is 2.14. The van der Waals surface area contributed by atoms with Crippen LogP contribution in [0.25, 0.3) is 11.1 Å². The van der Waals surface area contributed by atoms with Gasteiger partial charge in [0.1, 0.15) is 4.21 Å². The van der Waals surface area contributed by atoms with Gasteiger partial charge in [-0.2, -0.15) is 0 Å². The van der Waals surface area contributed by atoms with Crippen molar-refractivity contribution in [2.75, 3.05) is 4.72 Å². The lowest BCUT2D eigenvalue weighted by Gasteiger charge is -2.07. The number of thiophene rings is 1. The van der Waals surface area contributed by atoms with Crippen LogP contribution in [0.2, 0.25) is 0 Å². The topological polar surface area (TPSA) is 46.2 Å². The molecule has 3 nitrogen and oxygen atoms in total. The molecular weight excluding hydrogens is 302 g/mol. The number of hydrogen-bond donors (Lipinski definition) is 1. The second-order valence-electron chi connectivity index (χ2n) is 4.48. The lowest BCUT2D eigenvalue weighted by atomic mass is 10.1. The molecular formula is C16H13NO2S2. The van der Waals surface area contributed by atoms with Crippen LogP contribution in [0.4, 0.5) is 5.69 Å². The van der Waals surface area contributed by atoms with Gasteiger partial charge in [-0.25, -0.2) is 8.42 Å². The van der Waals surface area contributed by atoms with Crippen LogP contribution in [0.15, 0.2) is 76.3 Å². The summed E-state index contributed by atoms with van der Waals surface area (Å²) < 4.78 is 27.1. The Hall–Kier alpha value is -2.11. The normalized spacial score (nSPS) is 11.2. The average Bonchev–Trinajstić information content (AvgIpc) is 3.04. The highest BCUT2D eigenvalue weighted by atomic mass is 32.2. The number of hydrogen-bond acceptors (Lipinski definition) is 3. The summed E-state index contributed by atoms with van der Waals surface area (Å²) >= 11 is 1.20. The molecule has 0 amide bonds. The first-order valence-electron chi connectivity index (χ1n) is 6.37. The molecule has 21 heavy (non-hydrogen) atoms. The highest BCUT2D eigenvalue weighted by Crippen LogP contribution is 2.23. The number of benzene rings is 2. The molecule has 2 aromatic carbocycles. The van der Waals surface area contributed by atoms with Gasteiger partial charge in [-0.05, 0) is 34.7 Å². The quantitative estimate of drug-likeness (QED) is 0.783. The Morgan fingerprint density at radius 1 is 0.762 bits per heavy atom. The van der Waals surface area contributed by atoms with Crippen LogP contribution >= 0.6 is 11.3 Å². The molecule has 1 N–H and O–H groups in total. The molecule has 0 aliphatic carbocycles. The zero-order chi connectivity index (χ0) is 14.7. The van der Waals surface area contributed by atoms with E-state index in [4.69, 9.17) is 0 Å². The van der Waals surface area contributed by atoms with Crippen molar-refractivity contribution in [1.82, 2.24) is 0 Å². The lowest BCUT2D eigenvalue weighted by Crippen LogP contribution is -2.11. The zero-order valence-electron chi connectivity index (χ0n) is 11.1. The van der Waals surface area contributed by atoms with Gasteiger partial charge in [0, 0.05) is 5.69 Å². The molecule has 1 aromatic heterocycles. The summed E-state index contributed by atoms with van der Waals surface area (Å²) in [6.07, 6.45) is 0. The van der Waals surface area contributed by atoms with E-state index in [0.29, 0.717) is 9.90 Å². The molecule has 0 fully saturated rings. The van der Waals surface area contributed by atoms with Crippen LogP contribution in [0.3, 0.4) is 0 Å². The Morgan fingerprint density at radius 2 is 1.43 bits per heavy atom. The van der Waals surface area contributed by atoms with Crippen molar-refractivity contribution in [2.45, 2.75) is 4.21 Å². The van der Waals surface area contributed by atoms with Crippen LogP contribution in [-0.2, 0) is 10.0 Å². The molecule has 1 heterocycles. The van der Waals surface area contributed by atoms with Crippen molar-refractivity contribution >= 4 is 27.0 Å². The van der Waals surface area contributed by atoms with Crippen LogP contribution < -0.4 is 4.72 Å². The Labute approximate surface area is 127 Å². The highest BCUT2D eigenvalue weighted by molar-refractivity contribution is 7.94. The van der Waals surface area contributed by atoms with Gasteiger partial charge in [0.15, 0.2) is 0 Å². The summed E-state index contributed by atoms with van der Waals surface area (Å²) in [6, 6.07) is 20.6. The van der Waals surface area contributed by atoms with Gasteiger partial charge >= 0.3 is 0 Å². The van der Waals surface area contributed by atoms with Crippen molar-refractivity contribution in [1.29, 1.82) is 0 Å². The lowest BCUT2D eigenvalue weighted by molar-refractivity contribution is 0.603. The minimum atomic E-state index is -3.48. The maximum absolute atomic E-state index is 12.1. The second-order valence-corrected chi connectivity index (χ2v) is 7.34. The Morgan fingerprint density at radius 3 is 2.05 bits per heavy atom. The summed E-state index contributed by atoms with van der Waals surface area (Å²) in [6.45, 7) is 0. The van der Waals surface area contributed by atoms with Crippen LogP contribution in [0, 0.1) is 0 Å². The largest absolute Gasteiger partial charge is 0.279 e. The Kier molecular flexibility index (Phi) is 3.77. The van der Waals surface area contributed by atoms with Crippen LogP contribution in [-0.4, -0.2) is 8.42 Å². The minimum Gasteiger partial charge on any atom is -0.279 e. The summed E-state index contributed by atoms with van der Waals surface area (Å²) in [7, 11) is -3.48. The molecule has 0 unspecified atom stereocenters. The smallest absolute Gasteiger partial charge is 0.271 e. The van der Waals surface area contributed by atoms with Gasteiger partial charge in [0.25, 0.3) is 10.0 Å². The minimum absolute atomic E-state index is 0.314. The van der Waals surface area contributed by atoms with Crippen molar-refractivity contribution in [2.24, 2.45) is 0 Å². The van der Waals surface area contributed by atoms with Crippen molar-refractivity contribution < 1.29 is 8.42 Å². The fraction of sp³-hybridized carbons (Fsp3) is 0. The molecule has 0 spiro atoms. The van der Waals surface area contributed by atoms with Gasteiger partial charge in [-0.15, -0.1) is 11.3 Å². The maximum Gasteiger partial charge on any atom is 0.271 e. The molecule has 0 atom stereocenters. The number of rotatable bonds is 4. The zero-order valence-corrected chi connectivity index (χ0v) is 12.7. The van der Waals surface area contributed by atoms with Crippen LogP contribution in [0.1, 0.15) is 0 Å². The number of nitrogens with one attached hydrogen (secondary N) is 1. The predicted molar refractivity (Wildman–Crippen MR) is 87.0 cm³/mol. The van der Waals surface area contributed by atoms with E-state index in [1.807, 2.05) is 42.5 Å². The summed E-state index contributed by atoms with van der Waals surface area (Å²) in [4.78, 5) is 0. The molecule has 0 saturated carbocycles. The first-order chi connectivity index (χ1) is 10.1. The average molecular weight is 315 g/mol. The molecule has 3 aromatic rings. The van der Waals surface area contributed by atoms with E-state index < -0.39 is 10.0 Å². The van der Waals surface area contributed by atoms with Crippen molar-refractivity contribution in [3.05, 3.63) is 72.1 Å². The number of anilines is 1. The van der Waals surface area contributed by atoms with E-state index >= 15 is 0 Å². The van der Waals surface area contributed by atoms with Gasteiger partial charge in [-0.1, -0.05) is 48.5 Å². The Bertz CT molecular complexity index is 808. The SMILES string of the molecule is O=S(=O)(Nc1ccc(-c2ccccc2)cc1)c1cccs1. The fourth-order valence-corrected chi connectivity index (χ4v) is 4.03. The standard InChI is InChI=1S/C16H13NO2S2/c18-21(19,16-7-4-12-20-16)17-15-10-8-14(9-11-15)13-5-2-1-3-6-13/h1-12,17H.